The Morgan fingerprint density at radius 1 is 1.14 bits per heavy atom. The summed E-state index contributed by atoms with van der Waals surface area (Å²) in [5.41, 5.74) is 3.18. The van der Waals surface area contributed by atoms with Crippen LogP contribution >= 0.6 is 11.6 Å². The number of amides is 1. The van der Waals surface area contributed by atoms with Crippen molar-refractivity contribution in [3.8, 4) is 0 Å². The van der Waals surface area contributed by atoms with Crippen LogP contribution in [0.25, 0.3) is 0 Å². The van der Waals surface area contributed by atoms with E-state index in [0.717, 1.165) is 16.8 Å². The highest BCUT2D eigenvalue weighted by Crippen LogP contribution is 2.22. The molecule has 6 heteroatoms. The van der Waals surface area contributed by atoms with Crippen molar-refractivity contribution in [1.29, 1.82) is 0 Å². The van der Waals surface area contributed by atoms with Crippen molar-refractivity contribution in [3.63, 3.8) is 0 Å². The van der Waals surface area contributed by atoms with E-state index in [1.807, 2.05) is 69.3 Å². The Balaban J connectivity index is 1.80. The first-order chi connectivity index (χ1) is 13.4. The van der Waals surface area contributed by atoms with Gasteiger partial charge in [-0.05, 0) is 50.1 Å². The molecule has 0 saturated carbocycles. The maximum atomic E-state index is 13.1. The van der Waals surface area contributed by atoms with Gasteiger partial charge in [0.2, 0.25) is 5.95 Å². The fourth-order valence-corrected chi connectivity index (χ4v) is 2.93. The van der Waals surface area contributed by atoms with Crippen molar-refractivity contribution in [2.24, 2.45) is 0 Å². The van der Waals surface area contributed by atoms with Gasteiger partial charge in [0, 0.05) is 29.5 Å². The van der Waals surface area contributed by atoms with E-state index in [4.69, 9.17) is 11.6 Å². The van der Waals surface area contributed by atoms with Gasteiger partial charge < -0.3 is 10.2 Å². The Morgan fingerprint density at radius 3 is 2.57 bits per heavy atom. The second kappa shape index (κ2) is 8.85. The smallest absolute Gasteiger partial charge is 0.273 e. The molecule has 28 heavy (non-hydrogen) atoms. The van der Waals surface area contributed by atoms with Crippen LogP contribution in [0.3, 0.4) is 0 Å². The molecule has 0 radical (unpaired) electrons. The van der Waals surface area contributed by atoms with Crippen LogP contribution in [0.15, 0.2) is 60.8 Å². The molecule has 3 rings (SSSR count). The largest absolute Gasteiger partial charge is 0.331 e. The lowest BCUT2D eigenvalue weighted by Crippen LogP contribution is -2.37. The number of carbonyl (C=O) groups is 1. The molecular weight excluding hydrogens is 372 g/mol. The zero-order valence-corrected chi connectivity index (χ0v) is 16.9. The average molecular weight is 395 g/mol. The van der Waals surface area contributed by atoms with Crippen LogP contribution in [-0.4, -0.2) is 26.8 Å². The fraction of sp³-hybridized carbons (Fsp3) is 0.227. The van der Waals surface area contributed by atoms with Gasteiger partial charge in [-0.25, -0.2) is 9.97 Å². The summed E-state index contributed by atoms with van der Waals surface area (Å²) in [6, 6.07) is 17.2. The summed E-state index contributed by atoms with van der Waals surface area (Å²) in [6.45, 7) is 6.46. The Bertz CT molecular complexity index is 960. The molecule has 1 N–H and O–H groups in total. The van der Waals surface area contributed by atoms with Gasteiger partial charge in [-0.3, -0.25) is 4.79 Å². The lowest BCUT2D eigenvalue weighted by Gasteiger charge is -2.26. The third kappa shape index (κ3) is 4.87. The number of nitrogens with one attached hydrogen (secondary N) is 1. The minimum Gasteiger partial charge on any atom is -0.331 e. The molecule has 0 unspecified atom stereocenters. The van der Waals surface area contributed by atoms with Crippen molar-refractivity contribution < 1.29 is 4.79 Å². The molecule has 0 fully saturated rings. The maximum Gasteiger partial charge on any atom is 0.273 e. The van der Waals surface area contributed by atoms with E-state index in [-0.39, 0.29) is 11.9 Å². The summed E-state index contributed by atoms with van der Waals surface area (Å²) in [4.78, 5) is 23.5. The summed E-state index contributed by atoms with van der Waals surface area (Å²) >= 11 is 6.17. The lowest BCUT2D eigenvalue weighted by molar-refractivity contribution is 0.0684. The van der Waals surface area contributed by atoms with Gasteiger partial charge >= 0.3 is 0 Å². The van der Waals surface area contributed by atoms with Crippen LogP contribution in [-0.2, 0) is 6.54 Å². The summed E-state index contributed by atoms with van der Waals surface area (Å²) in [6.07, 6.45) is 1.58. The van der Waals surface area contributed by atoms with E-state index in [1.165, 1.54) is 0 Å². The normalized spacial score (nSPS) is 10.8. The minimum atomic E-state index is -0.133. The topological polar surface area (TPSA) is 58.1 Å². The highest BCUT2D eigenvalue weighted by atomic mass is 35.5. The summed E-state index contributed by atoms with van der Waals surface area (Å²) in [5.74, 6) is 0.223. The van der Waals surface area contributed by atoms with Crippen LogP contribution in [0.4, 0.5) is 11.6 Å². The predicted molar refractivity (Wildman–Crippen MR) is 113 cm³/mol. The molecule has 0 atom stereocenters. The van der Waals surface area contributed by atoms with E-state index in [9.17, 15) is 4.79 Å². The van der Waals surface area contributed by atoms with Gasteiger partial charge in [0.1, 0.15) is 5.69 Å². The highest BCUT2D eigenvalue weighted by molar-refractivity contribution is 6.31. The van der Waals surface area contributed by atoms with Crippen LogP contribution in [0.2, 0.25) is 5.02 Å². The van der Waals surface area contributed by atoms with E-state index < -0.39 is 0 Å². The molecule has 1 heterocycles. The number of hydrogen-bond donors (Lipinski definition) is 1. The summed E-state index contributed by atoms with van der Waals surface area (Å²) in [5, 5.41) is 3.77. The molecule has 0 spiro atoms. The predicted octanol–water partition coefficient (Wildman–Crippen LogP) is 5.23. The van der Waals surface area contributed by atoms with Crippen LogP contribution < -0.4 is 5.32 Å². The van der Waals surface area contributed by atoms with Crippen molar-refractivity contribution in [2.45, 2.75) is 33.4 Å². The van der Waals surface area contributed by atoms with E-state index in [0.29, 0.717) is 23.2 Å². The third-order valence-corrected chi connectivity index (χ3v) is 4.79. The Labute approximate surface area is 170 Å². The molecule has 3 aromatic rings. The van der Waals surface area contributed by atoms with Gasteiger partial charge in [-0.15, -0.1) is 0 Å². The molecule has 144 valence electrons. The van der Waals surface area contributed by atoms with E-state index in [1.54, 1.807) is 17.2 Å². The van der Waals surface area contributed by atoms with Gasteiger partial charge in [-0.1, -0.05) is 48.0 Å². The van der Waals surface area contributed by atoms with Gasteiger partial charge in [0.15, 0.2) is 0 Å². The van der Waals surface area contributed by atoms with Crippen LogP contribution in [0.5, 0.6) is 0 Å². The summed E-state index contributed by atoms with van der Waals surface area (Å²) < 4.78 is 0. The first-order valence-electron chi connectivity index (χ1n) is 9.15. The highest BCUT2D eigenvalue weighted by Gasteiger charge is 2.21. The van der Waals surface area contributed by atoms with Crippen LogP contribution in [0.1, 0.15) is 35.5 Å². The lowest BCUT2D eigenvalue weighted by atomic mass is 10.1. The standard InChI is InChI=1S/C22H23ClN4O/c1-15(2)27(14-17-7-5-4-6-8-17)21(28)20-11-12-24-22(26-20)25-18-10-9-16(3)19(23)13-18/h4-13,15H,14H2,1-3H3,(H,24,25,26). The molecule has 1 amide bonds. The molecule has 0 bridgehead atoms. The number of rotatable bonds is 6. The first kappa shape index (κ1) is 19.8. The number of hydrogen-bond acceptors (Lipinski definition) is 4. The average Bonchev–Trinajstić information content (AvgIpc) is 2.69. The molecule has 0 saturated heterocycles. The number of benzene rings is 2. The van der Waals surface area contributed by atoms with Gasteiger partial charge in [-0.2, -0.15) is 0 Å². The van der Waals surface area contributed by atoms with Crippen LogP contribution in [0, 0.1) is 6.92 Å². The number of aryl methyl sites for hydroxylation is 1. The third-order valence-electron chi connectivity index (χ3n) is 4.38. The molecular formula is C22H23ClN4O. The van der Waals surface area contributed by atoms with Crippen molar-refractivity contribution in [1.82, 2.24) is 14.9 Å². The zero-order chi connectivity index (χ0) is 20.1. The first-order valence-corrected chi connectivity index (χ1v) is 9.53. The fourth-order valence-electron chi connectivity index (χ4n) is 2.75. The zero-order valence-electron chi connectivity index (χ0n) is 16.2. The number of nitrogens with zero attached hydrogens (tertiary/aromatic N) is 3. The Morgan fingerprint density at radius 2 is 1.89 bits per heavy atom. The molecule has 2 aromatic carbocycles. The van der Waals surface area contributed by atoms with Crippen molar-refractivity contribution in [3.05, 3.63) is 82.6 Å². The number of carbonyl (C=O) groups excluding carboxylic acids is 1. The molecule has 1 aromatic heterocycles. The van der Waals surface area contributed by atoms with Crippen molar-refractivity contribution in [2.75, 3.05) is 5.32 Å². The Hall–Kier alpha value is -2.92. The number of anilines is 2. The SMILES string of the molecule is Cc1ccc(Nc2nccc(C(=O)N(Cc3ccccc3)C(C)C)n2)cc1Cl. The Kier molecular flexibility index (Phi) is 6.26. The van der Waals surface area contributed by atoms with Crippen molar-refractivity contribution >= 4 is 29.1 Å². The monoisotopic (exact) mass is 394 g/mol. The molecule has 0 aliphatic rings. The van der Waals surface area contributed by atoms with E-state index in [2.05, 4.69) is 15.3 Å². The molecule has 0 aliphatic heterocycles. The molecule has 5 nitrogen and oxygen atoms in total. The minimum absolute atomic E-state index is 0.0370. The quantitative estimate of drug-likeness (QED) is 0.621. The van der Waals surface area contributed by atoms with E-state index >= 15 is 0 Å². The van der Waals surface area contributed by atoms with Gasteiger partial charge in [0.05, 0.1) is 0 Å². The molecule has 0 aliphatic carbocycles. The summed E-state index contributed by atoms with van der Waals surface area (Å²) in [7, 11) is 0. The number of halogens is 1. The second-order valence-corrected chi connectivity index (χ2v) is 7.27. The second-order valence-electron chi connectivity index (χ2n) is 6.87. The maximum absolute atomic E-state index is 13.1. The number of aromatic nitrogens is 2. The van der Waals surface area contributed by atoms with Gasteiger partial charge in [0.25, 0.3) is 5.91 Å².